The first-order valence-electron chi connectivity index (χ1n) is 10.9. The smallest absolute Gasteiger partial charge is 0.229 e. The molecule has 1 saturated carbocycles. The average molecular weight is 446 g/mol. The van der Waals surface area contributed by atoms with Crippen LogP contribution in [0.2, 0.25) is 0 Å². The highest BCUT2D eigenvalue weighted by atomic mass is 16.7. The van der Waals surface area contributed by atoms with E-state index in [1.807, 2.05) is 30.3 Å². The van der Waals surface area contributed by atoms with Crippen LogP contribution >= 0.6 is 0 Å². The van der Waals surface area contributed by atoms with Crippen molar-refractivity contribution in [3.8, 4) is 11.5 Å². The summed E-state index contributed by atoms with van der Waals surface area (Å²) >= 11 is 0. The molecule has 0 unspecified atom stereocenters. The van der Waals surface area contributed by atoms with Crippen LogP contribution in [0.4, 0.5) is 0 Å². The van der Waals surface area contributed by atoms with Crippen LogP contribution in [0.25, 0.3) is 0 Å². The van der Waals surface area contributed by atoms with E-state index in [0.717, 1.165) is 29.7 Å². The summed E-state index contributed by atoms with van der Waals surface area (Å²) in [5, 5.41) is 50.1. The van der Waals surface area contributed by atoms with Gasteiger partial charge in [-0.1, -0.05) is 24.3 Å². The molecule has 0 amide bonds. The van der Waals surface area contributed by atoms with Crippen molar-refractivity contribution in [2.75, 3.05) is 0 Å². The van der Waals surface area contributed by atoms with Crippen molar-refractivity contribution in [3.63, 3.8) is 0 Å². The summed E-state index contributed by atoms with van der Waals surface area (Å²) in [5.41, 5.74) is 2.40. The summed E-state index contributed by atoms with van der Waals surface area (Å²) < 4.78 is 17.3. The number of rotatable bonds is 8. The Balaban J connectivity index is 1.53. The highest BCUT2D eigenvalue weighted by Crippen LogP contribution is 2.31. The Bertz CT molecular complexity index is 895. The highest BCUT2D eigenvalue weighted by Gasteiger charge is 2.46. The lowest BCUT2D eigenvalue weighted by atomic mass is 9.96. The topological polar surface area (TPSA) is 129 Å². The zero-order chi connectivity index (χ0) is 22.8. The fourth-order valence-corrected chi connectivity index (χ4v) is 3.73. The summed E-state index contributed by atoms with van der Waals surface area (Å²) in [4.78, 5) is 0. The summed E-state index contributed by atoms with van der Waals surface area (Å²) in [6, 6.07) is 13.0. The van der Waals surface area contributed by atoms with Crippen LogP contribution in [0.3, 0.4) is 0 Å². The predicted octanol–water partition coefficient (Wildman–Crippen LogP) is 0.878. The molecule has 2 aromatic carbocycles. The SMILES string of the molecule is C[C@H](O)[C@H]1O[C@@H](Oc2cc(CO)ccc2Cc2ccc(OC3CC3)cc2)[C@H](O)[C@@H](O)[C@@H]1O. The minimum atomic E-state index is -1.54. The molecule has 0 bridgehead atoms. The lowest BCUT2D eigenvalue weighted by Crippen LogP contribution is -2.61. The van der Waals surface area contributed by atoms with Crippen molar-refractivity contribution in [1.29, 1.82) is 0 Å². The Morgan fingerprint density at radius 2 is 1.62 bits per heavy atom. The summed E-state index contributed by atoms with van der Waals surface area (Å²) in [5.74, 6) is 1.20. The van der Waals surface area contributed by atoms with Gasteiger partial charge in [-0.15, -0.1) is 0 Å². The average Bonchev–Trinajstić information content (AvgIpc) is 3.60. The van der Waals surface area contributed by atoms with E-state index in [1.54, 1.807) is 12.1 Å². The van der Waals surface area contributed by atoms with Gasteiger partial charge in [0, 0.05) is 6.42 Å². The Hall–Kier alpha value is -2.20. The standard InChI is InChI=1S/C24H30O8/c1-13(26)23-21(28)20(27)22(29)24(32-23)31-19-11-15(12-25)2-5-16(19)10-14-3-6-17(7-4-14)30-18-8-9-18/h2-7,11,13,18,20-29H,8-10,12H2,1H3/t13-,20-,21-,22+,23+,24+/m0/s1. The minimum Gasteiger partial charge on any atom is -0.490 e. The van der Waals surface area contributed by atoms with Crippen molar-refractivity contribution in [1.82, 2.24) is 0 Å². The molecule has 32 heavy (non-hydrogen) atoms. The van der Waals surface area contributed by atoms with Gasteiger partial charge in [0.05, 0.1) is 18.8 Å². The zero-order valence-corrected chi connectivity index (χ0v) is 17.9. The second-order valence-electron chi connectivity index (χ2n) is 8.54. The third kappa shape index (κ3) is 5.23. The number of benzene rings is 2. The summed E-state index contributed by atoms with van der Waals surface area (Å²) in [7, 11) is 0. The van der Waals surface area contributed by atoms with Crippen molar-refractivity contribution in [2.45, 2.75) is 75.7 Å². The van der Waals surface area contributed by atoms with Crippen molar-refractivity contribution >= 4 is 0 Å². The third-order valence-corrected chi connectivity index (χ3v) is 5.78. The van der Waals surface area contributed by atoms with Crippen molar-refractivity contribution < 1.29 is 39.7 Å². The van der Waals surface area contributed by atoms with Gasteiger partial charge in [-0.05, 0) is 54.7 Å². The van der Waals surface area contributed by atoms with Gasteiger partial charge in [-0.2, -0.15) is 0 Å². The molecule has 0 spiro atoms. The van der Waals surface area contributed by atoms with E-state index >= 15 is 0 Å². The number of ether oxygens (including phenoxy) is 3. The fraction of sp³-hybridized carbons (Fsp3) is 0.500. The number of aliphatic hydroxyl groups excluding tert-OH is 5. The van der Waals surface area contributed by atoms with Crippen molar-refractivity contribution in [2.24, 2.45) is 0 Å². The van der Waals surface area contributed by atoms with Crippen LogP contribution in [-0.4, -0.2) is 68.4 Å². The molecule has 1 saturated heterocycles. The molecule has 0 radical (unpaired) electrons. The van der Waals surface area contributed by atoms with Gasteiger partial charge in [-0.3, -0.25) is 0 Å². The van der Waals surface area contributed by atoms with Gasteiger partial charge in [0.2, 0.25) is 6.29 Å². The largest absolute Gasteiger partial charge is 0.490 e. The Labute approximate surface area is 186 Å². The molecule has 8 heteroatoms. The second-order valence-corrected chi connectivity index (χ2v) is 8.54. The maximum atomic E-state index is 10.4. The van der Waals surface area contributed by atoms with Gasteiger partial charge in [0.1, 0.15) is 35.9 Å². The van der Waals surface area contributed by atoms with Gasteiger partial charge < -0.3 is 39.7 Å². The van der Waals surface area contributed by atoms with Gasteiger partial charge in [-0.25, -0.2) is 0 Å². The second kappa shape index (κ2) is 9.74. The molecule has 6 atom stereocenters. The van der Waals surface area contributed by atoms with E-state index in [4.69, 9.17) is 14.2 Å². The molecule has 4 rings (SSSR count). The number of hydrogen-bond acceptors (Lipinski definition) is 8. The number of hydrogen-bond donors (Lipinski definition) is 5. The van der Waals surface area contributed by atoms with Crippen molar-refractivity contribution in [3.05, 3.63) is 59.2 Å². The molecule has 174 valence electrons. The van der Waals surface area contributed by atoms with Crippen LogP contribution in [0.1, 0.15) is 36.5 Å². The van der Waals surface area contributed by atoms with Gasteiger partial charge in [0.15, 0.2) is 0 Å². The van der Waals surface area contributed by atoms with Gasteiger partial charge in [0.25, 0.3) is 0 Å². The Kier molecular flexibility index (Phi) is 6.99. The van der Waals surface area contributed by atoms with E-state index in [-0.39, 0.29) is 6.61 Å². The first-order valence-corrected chi connectivity index (χ1v) is 10.9. The predicted molar refractivity (Wildman–Crippen MR) is 114 cm³/mol. The summed E-state index contributed by atoms with van der Waals surface area (Å²) in [6.45, 7) is 1.22. The molecule has 2 aliphatic rings. The van der Waals surface area contributed by atoms with Crippen LogP contribution in [0.15, 0.2) is 42.5 Å². The molecule has 1 heterocycles. The summed E-state index contributed by atoms with van der Waals surface area (Å²) in [6.07, 6.45) is -5.01. The molecular weight excluding hydrogens is 416 g/mol. The maximum absolute atomic E-state index is 10.4. The molecule has 2 fully saturated rings. The van der Waals surface area contributed by atoms with E-state index in [1.165, 1.54) is 6.92 Å². The lowest BCUT2D eigenvalue weighted by molar-refractivity contribution is -0.286. The molecule has 1 aliphatic heterocycles. The van der Waals surface area contributed by atoms with Crippen LogP contribution in [0.5, 0.6) is 11.5 Å². The van der Waals surface area contributed by atoms with Crippen LogP contribution in [0, 0.1) is 0 Å². The first-order chi connectivity index (χ1) is 15.4. The van der Waals surface area contributed by atoms with Crippen LogP contribution in [-0.2, 0) is 17.8 Å². The first kappa shape index (κ1) is 23.0. The minimum absolute atomic E-state index is 0.199. The van der Waals surface area contributed by atoms with Gasteiger partial charge >= 0.3 is 0 Å². The van der Waals surface area contributed by atoms with E-state index in [2.05, 4.69) is 0 Å². The normalized spacial score (nSPS) is 28.9. The molecule has 1 aliphatic carbocycles. The fourth-order valence-electron chi connectivity index (χ4n) is 3.73. The molecule has 2 aromatic rings. The molecule has 8 nitrogen and oxygen atoms in total. The quantitative estimate of drug-likeness (QED) is 0.404. The Morgan fingerprint density at radius 1 is 0.938 bits per heavy atom. The molecule has 0 aromatic heterocycles. The van der Waals surface area contributed by atoms with E-state index in [9.17, 15) is 25.5 Å². The number of aliphatic hydroxyl groups is 5. The van der Waals surface area contributed by atoms with Crippen LogP contribution < -0.4 is 9.47 Å². The third-order valence-electron chi connectivity index (χ3n) is 5.78. The highest BCUT2D eigenvalue weighted by molar-refractivity contribution is 5.41. The monoisotopic (exact) mass is 446 g/mol. The molecule has 5 N–H and O–H groups in total. The zero-order valence-electron chi connectivity index (χ0n) is 17.9. The maximum Gasteiger partial charge on any atom is 0.229 e. The van der Waals surface area contributed by atoms with E-state index in [0.29, 0.717) is 23.8 Å². The lowest BCUT2D eigenvalue weighted by Gasteiger charge is -2.41. The molecular formula is C24H30O8. The Morgan fingerprint density at radius 3 is 2.25 bits per heavy atom. The van der Waals surface area contributed by atoms with E-state index < -0.39 is 36.8 Å².